The van der Waals surface area contributed by atoms with Crippen LogP contribution >= 0.6 is 0 Å². The summed E-state index contributed by atoms with van der Waals surface area (Å²) in [4.78, 5) is 10.8. The van der Waals surface area contributed by atoms with Crippen molar-refractivity contribution in [1.29, 1.82) is 0 Å². The van der Waals surface area contributed by atoms with E-state index in [-0.39, 0.29) is 11.9 Å². The fourth-order valence-corrected chi connectivity index (χ4v) is 1.26. The van der Waals surface area contributed by atoms with E-state index in [1.165, 1.54) is 0 Å². The quantitative estimate of drug-likeness (QED) is 0.667. The SMILES string of the molecule is CCC(O)CC1=CC(=O)CC1. The summed E-state index contributed by atoms with van der Waals surface area (Å²) in [5.41, 5.74) is 1.12. The lowest BCUT2D eigenvalue weighted by atomic mass is 10.1. The molecule has 0 aromatic rings. The van der Waals surface area contributed by atoms with E-state index >= 15 is 0 Å². The van der Waals surface area contributed by atoms with Gasteiger partial charge in [-0.25, -0.2) is 0 Å². The molecule has 1 N–H and O–H groups in total. The van der Waals surface area contributed by atoms with Crippen molar-refractivity contribution in [2.45, 2.75) is 38.7 Å². The van der Waals surface area contributed by atoms with Crippen LogP contribution in [0.3, 0.4) is 0 Å². The zero-order valence-electron chi connectivity index (χ0n) is 6.84. The first-order valence-corrected chi connectivity index (χ1v) is 4.12. The molecule has 1 aliphatic carbocycles. The highest BCUT2D eigenvalue weighted by Crippen LogP contribution is 2.20. The predicted octanol–water partition coefficient (Wildman–Crippen LogP) is 1.44. The fourth-order valence-electron chi connectivity index (χ4n) is 1.26. The fraction of sp³-hybridized carbons (Fsp3) is 0.667. The van der Waals surface area contributed by atoms with E-state index in [0.29, 0.717) is 12.8 Å². The molecule has 0 aromatic carbocycles. The molecule has 1 unspecified atom stereocenters. The lowest BCUT2D eigenvalue weighted by molar-refractivity contribution is -0.114. The summed E-state index contributed by atoms with van der Waals surface area (Å²) < 4.78 is 0. The maximum absolute atomic E-state index is 10.8. The molecule has 11 heavy (non-hydrogen) atoms. The van der Waals surface area contributed by atoms with Crippen LogP contribution in [0.15, 0.2) is 11.6 Å². The van der Waals surface area contributed by atoms with Crippen molar-refractivity contribution >= 4 is 5.78 Å². The summed E-state index contributed by atoms with van der Waals surface area (Å²) in [5.74, 6) is 0.211. The van der Waals surface area contributed by atoms with Gasteiger partial charge in [-0.2, -0.15) is 0 Å². The molecule has 0 amide bonds. The number of aliphatic hydroxyl groups is 1. The van der Waals surface area contributed by atoms with E-state index in [4.69, 9.17) is 0 Å². The van der Waals surface area contributed by atoms with Crippen molar-refractivity contribution in [2.24, 2.45) is 0 Å². The van der Waals surface area contributed by atoms with Gasteiger partial charge in [0.1, 0.15) is 0 Å². The highest BCUT2D eigenvalue weighted by atomic mass is 16.3. The van der Waals surface area contributed by atoms with E-state index in [0.717, 1.165) is 18.4 Å². The zero-order chi connectivity index (χ0) is 8.27. The van der Waals surface area contributed by atoms with Crippen LogP contribution in [0, 0.1) is 0 Å². The Bertz CT molecular complexity index is 182. The number of carbonyl (C=O) groups is 1. The van der Waals surface area contributed by atoms with Crippen molar-refractivity contribution in [3.63, 3.8) is 0 Å². The maximum atomic E-state index is 10.8. The van der Waals surface area contributed by atoms with Gasteiger partial charge in [-0.1, -0.05) is 12.5 Å². The predicted molar refractivity (Wildman–Crippen MR) is 43.2 cm³/mol. The standard InChI is InChI=1S/C9H14O2/c1-2-8(10)5-7-3-4-9(11)6-7/h6,8,10H,2-5H2,1H3. The molecule has 0 bridgehead atoms. The molecule has 0 saturated carbocycles. The van der Waals surface area contributed by atoms with Gasteiger partial charge >= 0.3 is 0 Å². The summed E-state index contributed by atoms with van der Waals surface area (Å²) in [5, 5.41) is 9.25. The number of hydrogen-bond donors (Lipinski definition) is 1. The van der Waals surface area contributed by atoms with E-state index in [1.807, 2.05) is 6.92 Å². The summed E-state index contributed by atoms with van der Waals surface area (Å²) >= 11 is 0. The minimum absolute atomic E-state index is 0.211. The number of rotatable bonds is 3. The molecule has 1 atom stereocenters. The molecule has 0 aliphatic heterocycles. The molecule has 0 radical (unpaired) electrons. The van der Waals surface area contributed by atoms with Crippen molar-refractivity contribution in [3.05, 3.63) is 11.6 Å². The molecular formula is C9H14O2. The van der Waals surface area contributed by atoms with Gasteiger partial charge in [0.15, 0.2) is 5.78 Å². The summed E-state index contributed by atoms with van der Waals surface area (Å²) in [7, 11) is 0. The van der Waals surface area contributed by atoms with Gasteiger partial charge in [0.2, 0.25) is 0 Å². The highest BCUT2D eigenvalue weighted by molar-refractivity contribution is 5.92. The Morgan fingerprint density at radius 1 is 1.64 bits per heavy atom. The van der Waals surface area contributed by atoms with Crippen molar-refractivity contribution in [1.82, 2.24) is 0 Å². The Labute approximate surface area is 66.9 Å². The molecule has 0 saturated heterocycles. The Kier molecular flexibility index (Phi) is 2.83. The molecule has 0 heterocycles. The molecule has 2 nitrogen and oxygen atoms in total. The molecule has 1 rings (SSSR count). The second-order valence-electron chi connectivity index (χ2n) is 3.04. The largest absolute Gasteiger partial charge is 0.393 e. The Balaban J connectivity index is 2.38. The minimum atomic E-state index is -0.257. The van der Waals surface area contributed by atoms with Crippen LogP contribution < -0.4 is 0 Å². The van der Waals surface area contributed by atoms with Crippen LogP contribution in [0.5, 0.6) is 0 Å². The summed E-state index contributed by atoms with van der Waals surface area (Å²) in [6.45, 7) is 1.95. The molecule has 1 aliphatic rings. The third-order valence-corrected chi connectivity index (χ3v) is 2.03. The average molecular weight is 154 g/mol. The molecule has 0 fully saturated rings. The monoisotopic (exact) mass is 154 g/mol. The highest BCUT2D eigenvalue weighted by Gasteiger charge is 2.13. The van der Waals surface area contributed by atoms with Gasteiger partial charge in [-0.3, -0.25) is 4.79 Å². The van der Waals surface area contributed by atoms with E-state index in [9.17, 15) is 9.90 Å². The first kappa shape index (κ1) is 8.47. The average Bonchev–Trinajstić information content (AvgIpc) is 2.35. The van der Waals surface area contributed by atoms with Crippen molar-refractivity contribution in [3.8, 4) is 0 Å². The zero-order valence-corrected chi connectivity index (χ0v) is 6.84. The first-order valence-electron chi connectivity index (χ1n) is 4.12. The molecule has 0 aromatic heterocycles. The molecule has 62 valence electrons. The topological polar surface area (TPSA) is 37.3 Å². The third kappa shape index (κ3) is 2.46. The maximum Gasteiger partial charge on any atom is 0.155 e. The molecular weight excluding hydrogens is 140 g/mol. The molecule has 0 spiro atoms. The van der Waals surface area contributed by atoms with Crippen LogP contribution in [-0.4, -0.2) is 17.0 Å². The number of allylic oxidation sites excluding steroid dienone is 1. The smallest absolute Gasteiger partial charge is 0.155 e. The first-order chi connectivity index (χ1) is 5.22. The number of carbonyl (C=O) groups excluding carboxylic acids is 1. The Hall–Kier alpha value is -0.630. The van der Waals surface area contributed by atoms with Crippen molar-refractivity contribution in [2.75, 3.05) is 0 Å². The van der Waals surface area contributed by atoms with Crippen LogP contribution in [-0.2, 0) is 4.79 Å². The van der Waals surface area contributed by atoms with E-state index in [1.54, 1.807) is 6.08 Å². The van der Waals surface area contributed by atoms with Gasteiger partial charge in [-0.05, 0) is 25.3 Å². The van der Waals surface area contributed by atoms with Gasteiger partial charge in [0.05, 0.1) is 6.10 Å². The summed E-state index contributed by atoms with van der Waals surface area (Å²) in [6, 6.07) is 0. The minimum Gasteiger partial charge on any atom is -0.393 e. The third-order valence-electron chi connectivity index (χ3n) is 2.03. The van der Waals surface area contributed by atoms with Gasteiger partial charge in [0.25, 0.3) is 0 Å². The normalized spacial score (nSPS) is 20.2. The van der Waals surface area contributed by atoms with Gasteiger partial charge < -0.3 is 5.11 Å². The van der Waals surface area contributed by atoms with Crippen LogP contribution in [0.1, 0.15) is 32.6 Å². The summed E-state index contributed by atoms with van der Waals surface area (Å²) in [6.07, 6.45) is 4.38. The van der Waals surface area contributed by atoms with Crippen LogP contribution in [0.2, 0.25) is 0 Å². The second kappa shape index (κ2) is 3.67. The van der Waals surface area contributed by atoms with Crippen LogP contribution in [0.25, 0.3) is 0 Å². The van der Waals surface area contributed by atoms with Crippen LogP contribution in [0.4, 0.5) is 0 Å². The Morgan fingerprint density at radius 2 is 2.36 bits per heavy atom. The van der Waals surface area contributed by atoms with Crippen molar-refractivity contribution < 1.29 is 9.90 Å². The Morgan fingerprint density at radius 3 is 2.82 bits per heavy atom. The lowest BCUT2D eigenvalue weighted by Gasteiger charge is -2.06. The van der Waals surface area contributed by atoms with E-state index in [2.05, 4.69) is 0 Å². The number of hydrogen-bond acceptors (Lipinski definition) is 2. The lowest BCUT2D eigenvalue weighted by Crippen LogP contribution is -2.04. The van der Waals surface area contributed by atoms with Gasteiger partial charge in [-0.15, -0.1) is 0 Å². The molecule has 2 heteroatoms. The van der Waals surface area contributed by atoms with E-state index < -0.39 is 0 Å². The second-order valence-corrected chi connectivity index (χ2v) is 3.04. The number of ketones is 1. The van der Waals surface area contributed by atoms with Gasteiger partial charge in [0, 0.05) is 6.42 Å². The number of aliphatic hydroxyl groups excluding tert-OH is 1.